The number of aromatic nitrogens is 1. The molecule has 9 nitrogen and oxygen atoms in total. The average molecular weight is 401 g/mol. The molecule has 29 heavy (non-hydrogen) atoms. The van der Waals surface area contributed by atoms with Gasteiger partial charge in [-0.1, -0.05) is 0 Å². The van der Waals surface area contributed by atoms with Crippen LogP contribution in [0, 0.1) is 5.82 Å². The molecular weight excluding hydrogens is 377 g/mol. The maximum absolute atomic E-state index is 14.9. The number of hydrogen-bond acceptors (Lipinski definition) is 6. The van der Waals surface area contributed by atoms with Crippen LogP contribution in [-0.4, -0.2) is 50.3 Å². The lowest BCUT2D eigenvalue weighted by Crippen LogP contribution is -2.47. The number of ether oxygens (including phenoxy) is 1. The summed E-state index contributed by atoms with van der Waals surface area (Å²) in [6.07, 6.45) is 0.519. The number of anilines is 3. The minimum atomic E-state index is -0.972. The number of nitrogens with zero attached hydrogens (tertiary/aromatic N) is 4. The summed E-state index contributed by atoms with van der Waals surface area (Å²) in [4.78, 5) is 22.9. The van der Waals surface area contributed by atoms with Crippen LogP contribution in [0.2, 0.25) is 0 Å². The number of halogens is 1. The number of amides is 1. The van der Waals surface area contributed by atoms with Crippen LogP contribution in [0.25, 0.3) is 0 Å². The fourth-order valence-electron chi connectivity index (χ4n) is 3.10. The molecule has 0 spiro atoms. The van der Waals surface area contributed by atoms with Crippen LogP contribution in [0.15, 0.2) is 41.5 Å². The van der Waals surface area contributed by atoms with Gasteiger partial charge in [0.2, 0.25) is 0 Å². The molecule has 1 saturated heterocycles. The summed E-state index contributed by atoms with van der Waals surface area (Å²) < 4.78 is 19.7. The SMILES string of the molecule is CNc1ccc(N2CCN(c3nccc(COC(=O)N=C(N)N)c3F)CC2)cc1. The molecule has 0 aliphatic carbocycles. The van der Waals surface area contributed by atoms with Crippen molar-refractivity contribution in [3.05, 3.63) is 47.9 Å². The molecule has 2 aromatic rings. The Labute approximate surface area is 168 Å². The van der Waals surface area contributed by atoms with Gasteiger partial charge >= 0.3 is 6.09 Å². The zero-order chi connectivity index (χ0) is 20.8. The largest absolute Gasteiger partial charge is 0.443 e. The fraction of sp³-hybridized carbons (Fsp3) is 0.316. The van der Waals surface area contributed by atoms with E-state index >= 15 is 0 Å². The van der Waals surface area contributed by atoms with Gasteiger partial charge in [-0.15, -0.1) is 4.99 Å². The van der Waals surface area contributed by atoms with Crippen molar-refractivity contribution in [1.29, 1.82) is 0 Å². The predicted molar refractivity (Wildman–Crippen MR) is 111 cm³/mol. The van der Waals surface area contributed by atoms with Gasteiger partial charge < -0.3 is 31.3 Å². The lowest BCUT2D eigenvalue weighted by atomic mass is 10.2. The van der Waals surface area contributed by atoms with Gasteiger partial charge in [-0.3, -0.25) is 0 Å². The van der Waals surface area contributed by atoms with Gasteiger partial charge in [0.15, 0.2) is 17.6 Å². The van der Waals surface area contributed by atoms with Gasteiger partial charge in [-0.25, -0.2) is 14.2 Å². The Morgan fingerprint density at radius 1 is 1.17 bits per heavy atom. The van der Waals surface area contributed by atoms with E-state index in [0.717, 1.165) is 24.5 Å². The Morgan fingerprint density at radius 2 is 1.83 bits per heavy atom. The second kappa shape index (κ2) is 9.09. The van der Waals surface area contributed by atoms with Crippen LogP contribution in [-0.2, 0) is 11.3 Å². The van der Waals surface area contributed by atoms with E-state index in [0.29, 0.717) is 13.1 Å². The molecule has 0 atom stereocenters. The second-order valence-corrected chi connectivity index (χ2v) is 6.47. The Morgan fingerprint density at radius 3 is 2.45 bits per heavy atom. The van der Waals surface area contributed by atoms with Crippen LogP contribution in [0.4, 0.5) is 26.4 Å². The first-order chi connectivity index (χ1) is 14.0. The summed E-state index contributed by atoms with van der Waals surface area (Å²) in [5.74, 6) is -0.688. The topological polar surface area (TPSA) is 122 Å². The Hall–Kier alpha value is -3.56. The van der Waals surface area contributed by atoms with Crippen LogP contribution in [0.3, 0.4) is 0 Å². The van der Waals surface area contributed by atoms with Crippen LogP contribution < -0.4 is 26.6 Å². The van der Waals surface area contributed by atoms with E-state index in [9.17, 15) is 9.18 Å². The number of rotatable bonds is 5. The third kappa shape index (κ3) is 5.03. The molecular formula is C19H24FN7O2. The number of hydrogen-bond donors (Lipinski definition) is 3. The highest BCUT2D eigenvalue weighted by Crippen LogP contribution is 2.24. The molecule has 1 aromatic heterocycles. The van der Waals surface area contributed by atoms with Crippen molar-refractivity contribution in [3.8, 4) is 0 Å². The summed E-state index contributed by atoms with van der Waals surface area (Å²) in [5.41, 5.74) is 12.6. The summed E-state index contributed by atoms with van der Waals surface area (Å²) in [6, 6.07) is 9.63. The smallest absolute Gasteiger partial charge is 0.437 e. The van der Waals surface area contributed by atoms with E-state index in [2.05, 4.69) is 32.3 Å². The zero-order valence-corrected chi connectivity index (χ0v) is 16.1. The van der Waals surface area contributed by atoms with Crippen molar-refractivity contribution in [2.45, 2.75) is 6.61 Å². The number of nitrogens with one attached hydrogen (secondary N) is 1. The number of nitrogens with two attached hydrogens (primary N) is 2. The molecule has 0 radical (unpaired) electrons. The molecule has 2 heterocycles. The summed E-state index contributed by atoms with van der Waals surface area (Å²) >= 11 is 0. The van der Waals surface area contributed by atoms with Crippen molar-refractivity contribution < 1.29 is 13.9 Å². The minimum Gasteiger partial charge on any atom is -0.443 e. The number of carbonyl (C=O) groups is 1. The highest BCUT2D eigenvalue weighted by Gasteiger charge is 2.22. The van der Waals surface area contributed by atoms with Gasteiger partial charge in [0, 0.05) is 56.4 Å². The number of guanidine groups is 1. The fourth-order valence-corrected chi connectivity index (χ4v) is 3.10. The Kier molecular flexibility index (Phi) is 6.32. The zero-order valence-electron chi connectivity index (χ0n) is 16.1. The Bertz CT molecular complexity index is 877. The molecule has 0 unspecified atom stereocenters. The average Bonchev–Trinajstić information content (AvgIpc) is 2.73. The first-order valence-electron chi connectivity index (χ1n) is 9.15. The van der Waals surface area contributed by atoms with E-state index in [4.69, 9.17) is 16.2 Å². The highest BCUT2D eigenvalue weighted by atomic mass is 19.1. The predicted octanol–water partition coefficient (Wildman–Crippen LogP) is 1.50. The molecule has 0 bridgehead atoms. The normalized spacial score (nSPS) is 13.7. The minimum absolute atomic E-state index is 0.208. The summed E-state index contributed by atoms with van der Waals surface area (Å²) in [7, 11) is 1.88. The maximum Gasteiger partial charge on any atom is 0.437 e. The molecule has 0 saturated carbocycles. The maximum atomic E-state index is 14.9. The standard InChI is InChI=1S/C19H24FN7O2/c1-23-14-2-4-15(5-3-14)26-8-10-27(11-9-26)17-16(20)13(6-7-24-17)12-29-19(28)25-18(21)22/h2-7,23H,8-12H2,1H3,(H4,21,22,25,28). The molecule has 10 heteroatoms. The van der Waals surface area contributed by atoms with Gasteiger partial charge in [0.05, 0.1) is 0 Å². The van der Waals surface area contributed by atoms with Gasteiger partial charge in [-0.2, -0.15) is 0 Å². The third-order valence-electron chi connectivity index (χ3n) is 4.62. The van der Waals surface area contributed by atoms with Gasteiger partial charge in [0.1, 0.15) is 6.61 Å². The molecule has 154 valence electrons. The first kappa shape index (κ1) is 20.2. The van der Waals surface area contributed by atoms with Crippen molar-refractivity contribution in [3.63, 3.8) is 0 Å². The molecule has 3 rings (SSSR count). The van der Waals surface area contributed by atoms with E-state index in [1.54, 1.807) is 0 Å². The van der Waals surface area contributed by atoms with Crippen molar-refractivity contribution >= 4 is 29.2 Å². The molecule has 1 aliphatic rings. The lowest BCUT2D eigenvalue weighted by molar-refractivity contribution is 0.149. The first-order valence-corrected chi connectivity index (χ1v) is 9.15. The van der Waals surface area contributed by atoms with Crippen LogP contribution >= 0.6 is 0 Å². The molecule has 1 fully saturated rings. The number of benzene rings is 1. The molecule has 1 amide bonds. The molecule has 1 aromatic carbocycles. The Balaban J connectivity index is 1.63. The van der Waals surface area contributed by atoms with Crippen molar-refractivity contribution in [2.75, 3.05) is 48.3 Å². The number of carbonyl (C=O) groups excluding carboxylic acids is 1. The number of piperazine rings is 1. The summed E-state index contributed by atoms with van der Waals surface area (Å²) in [5, 5.41) is 3.10. The van der Waals surface area contributed by atoms with Crippen LogP contribution in [0.5, 0.6) is 0 Å². The van der Waals surface area contributed by atoms with Crippen molar-refractivity contribution in [1.82, 2.24) is 4.98 Å². The molecule has 5 N–H and O–H groups in total. The van der Waals surface area contributed by atoms with Crippen molar-refractivity contribution in [2.24, 2.45) is 16.5 Å². The van der Waals surface area contributed by atoms with E-state index in [1.165, 1.54) is 12.3 Å². The number of pyridine rings is 1. The van der Waals surface area contributed by atoms with Crippen LogP contribution in [0.1, 0.15) is 5.56 Å². The van der Waals surface area contributed by atoms with Gasteiger partial charge in [0.25, 0.3) is 0 Å². The third-order valence-corrected chi connectivity index (χ3v) is 4.62. The van der Waals surface area contributed by atoms with E-state index < -0.39 is 17.9 Å². The van der Waals surface area contributed by atoms with Gasteiger partial charge in [-0.05, 0) is 30.3 Å². The second-order valence-electron chi connectivity index (χ2n) is 6.47. The molecule has 1 aliphatic heterocycles. The van der Waals surface area contributed by atoms with E-state index in [1.807, 2.05) is 24.1 Å². The highest BCUT2D eigenvalue weighted by molar-refractivity contribution is 5.87. The number of aliphatic imine (C=N–C) groups is 1. The van der Waals surface area contributed by atoms with E-state index in [-0.39, 0.29) is 18.0 Å². The lowest BCUT2D eigenvalue weighted by Gasteiger charge is -2.37. The summed E-state index contributed by atoms with van der Waals surface area (Å²) in [6.45, 7) is 2.44. The quantitative estimate of drug-likeness (QED) is 0.509. The monoisotopic (exact) mass is 401 g/mol.